The first-order valence-corrected chi connectivity index (χ1v) is 7.27. The van der Waals surface area contributed by atoms with Gasteiger partial charge in [-0.1, -0.05) is 27.7 Å². The highest BCUT2D eigenvalue weighted by Crippen LogP contribution is 2.24. The molecule has 1 heterocycles. The molecular weight excluding hydrogens is 206 g/mol. The predicted octanol–water partition coefficient (Wildman–Crippen LogP) is 3.79. The number of nitrogens with zero attached hydrogens (tertiary/aromatic N) is 1. The Bertz CT molecular complexity index is 248. The molecule has 1 rings (SSSR count). The fourth-order valence-electron chi connectivity index (χ4n) is 2.42. The molecule has 0 aromatic heterocycles. The van der Waals surface area contributed by atoms with E-state index in [0.717, 1.165) is 24.7 Å². The number of piperidine rings is 1. The lowest BCUT2D eigenvalue weighted by molar-refractivity contribution is 0.161. The third-order valence-corrected chi connectivity index (χ3v) is 3.76. The Balaban J connectivity index is 2.11. The summed E-state index contributed by atoms with van der Waals surface area (Å²) in [4.78, 5) is 2.59. The molecule has 0 aromatic rings. The van der Waals surface area contributed by atoms with Crippen molar-refractivity contribution in [3.8, 4) is 11.8 Å². The van der Waals surface area contributed by atoms with Gasteiger partial charge in [0.2, 0.25) is 0 Å². The Kier molecular flexibility index (Phi) is 6.66. The maximum absolute atomic E-state index is 3.31. The Hall–Kier alpha value is -0.480. The summed E-state index contributed by atoms with van der Waals surface area (Å²) in [7, 11) is 0. The van der Waals surface area contributed by atoms with Gasteiger partial charge in [0.15, 0.2) is 0 Å². The highest BCUT2D eigenvalue weighted by molar-refractivity contribution is 4.99. The molecule has 0 N–H and O–H groups in total. The lowest BCUT2D eigenvalue weighted by atomic mass is 9.87. The van der Waals surface area contributed by atoms with Gasteiger partial charge < -0.3 is 4.90 Å². The van der Waals surface area contributed by atoms with Crippen molar-refractivity contribution in [1.82, 2.24) is 4.90 Å². The van der Waals surface area contributed by atoms with Crippen molar-refractivity contribution in [2.24, 2.45) is 17.8 Å². The van der Waals surface area contributed by atoms with Crippen molar-refractivity contribution < 1.29 is 0 Å². The molecule has 0 spiro atoms. The molecule has 1 nitrogen and oxygen atoms in total. The Labute approximate surface area is 108 Å². The van der Waals surface area contributed by atoms with E-state index >= 15 is 0 Å². The molecule has 1 aliphatic heterocycles. The second-order valence-corrected chi connectivity index (χ2v) is 6.12. The first-order chi connectivity index (χ1) is 8.09. The van der Waals surface area contributed by atoms with Gasteiger partial charge in [0, 0.05) is 19.4 Å². The van der Waals surface area contributed by atoms with Crippen molar-refractivity contribution in [1.29, 1.82) is 0 Å². The minimum Gasteiger partial charge on any atom is -0.302 e. The summed E-state index contributed by atoms with van der Waals surface area (Å²) in [6, 6.07) is 0. The first kappa shape index (κ1) is 14.6. The van der Waals surface area contributed by atoms with Crippen LogP contribution >= 0.6 is 0 Å². The van der Waals surface area contributed by atoms with Gasteiger partial charge in [0.05, 0.1) is 0 Å². The molecule has 1 fully saturated rings. The summed E-state index contributed by atoms with van der Waals surface area (Å²) in [5, 5.41) is 0. The van der Waals surface area contributed by atoms with E-state index in [2.05, 4.69) is 44.4 Å². The molecule has 0 radical (unpaired) electrons. The van der Waals surface area contributed by atoms with Crippen LogP contribution < -0.4 is 0 Å². The molecule has 0 atom stereocenters. The highest BCUT2D eigenvalue weighted by Gasteiger charge is 2.20. The van der Waals surface area contributed by atoms with E-state index in [-0.39, 0.29) is 0 Å². The van der Waals surface area contributed by atoms with Crippen LogP contribution in [0.25, 0.3) is 0 Å². The van der Waals surface area contributed by atoms with Crippen molar-refractivity contribution in [2.75, 3.05) is 19.6 Å². The van der Waals surface area contributed by atoms with Gasteiger partial charge in [0.25, 0.3) is 0 Å². The summed E-state index contributed by atoms with van der Waals surface area (Å²) in [5.74, 6) is 9.11. The highest BCUT2D eigenvalue weighted by atomic mass is 15.1. The monoisotopic (exact) mass is 235 g/mol. The van der Waals surface area contributed by atoms with Crippen LogP contribution in [0.2, 0.25) is 0 Å². The SMILES string of the molecule is CC(C)CC#CCCN1CCC(C(C)C)CC1. The summed E-state index contributed by atoms with van der Waals surface area (Å²) in [5.41, 5.74) is 0. The molecule has 0 aliphatic carbocycles. The third-order valence-electron chi connectivity index (χ3n) is 3.76. The quantitative estimate of drug-likeness (QED) is 0.670. The first-order valence-electron chi connectivity index (χ1n) is 7.27. The van der Waals surface area contributed by atoms with Gasteiger partial charge in [-0.25, -0.2) is 0 Å². The van der Waals surface area contributed by atoms with Crippen molar-refractivity contribution in [3.63, 3.8) is 0 Å². The summed E-state index contributed by atoms with van der Waals surface area (Å²) in [6.45, 7) is 12.9. The predicted molar refractivity (Wildman–Crippen MR) is 75.9 cm³/mol. The molecule has 17 heavy (non-hydrogen) atoms. The van der Waals surface area contributed by atoms with Gasteiger partial charge in [-0.15, -0.1) is 11.8 Å². The molecule has 0 amide bonds. The van der Waals surface area contributed by atoms with Gasteiger partial charge in [0.1, 0.15) is 0 Å². The summed E-state index contributed by atoms with van der Waals surface area (Å²) in [6.07, 6.45) is 4.88. The Morgan fingerprint density at radius 3 is 2.24 bits per heavy atom. The van der Waals surface area contributed by atoms with Crippen LogP contribution in [0.4, 0.5) is 0 Å². The Morgan fingerprint density at radius 1 is 1.06 bits per heavy atom. The van der Waals surface area contributed by atoms with Crippen LogP contribution in [0.15, 0.2) is 0 Å². The number of rotatable bonds is 4. The average molecular weight is 235 g/mol. The van der Waals surface area contributed by atoms with Gasteiger partial charge in [-0.05, 0) is 43.7 Å². The normalized spacial score (nSPS) is 18.5. The largest absolute Gasteiger partial charge is 0.302 e. The van der Waals surface area contributed by atoms with Crippen LogP contribution in [0.3, 0.4) is 0 Å². The van der Waals surface area contributed by atoms with Crippen LogP contribution in [-0.2, 0) is 0 Å². The van der Waals surface area contributed by atoms with Crippen molar-refractivity contribution in [3.05, 3.63) is 0 Å². The molecule has 0 saturated carbocycles. The smallest absolute Gasteiger partial charge is 0.0217 e. The van der Waals surface area contributed by atoms with E-state index in [9.17, 15) is 0 Å². The lowest BCUT2D eigenvalue weighted by Gasteiger charge is -2.33. The van der Waals surface area contributed by atoms with Crippen LogP contribution in [0, 0.1) is 29.6 Å². The van der Waals surface area contributed by atoms with E-state index in [1.807, 2.05) is 0 Å². The van der Waals surface area contributed by atoms with Gasteiger partial charge >= 0.3 is 0 Å². The second kappa shape index (κ2) is 7.77. The molecule has 1 saturated heterocycles. The fourth-order valence-corrected chi connectivity index (χ4v) is 2.42. The van der Waals surface area contributed by atoms with E-state index in [0.29, 0.717) is 5.92 Å². The van der Waals surface area contributed by atoms with E-state index in [1.165, 1.54) is 32.5 Å². The van der Waals surface area contributed by atoms with Crippen LogP contribution in [-0.4, -0.2) is 24.5 Å². The number of hydrogen-bond donors (Lipinski definition) is 0. The van der Waals surface area contributed by atoms with Crippen LogP contribution in [0.5, 0.6) is 0 Å². The van der Waals surface area contributed by atoms with Crippen LogP contribution in [0.1, 0.15) is 53.4 Å². The zero-order valence-corrected chi connectivity index (χ0v) is 12.1. The molecule has 1 heteroatoms. The zero-order chi connectivity index (χ0) is 12.7. The van der Waals surface area contributed by atoms with Gasteiger partial charge in [-0.3, -0.25) is 0 Å². The topological polar surface area (TPSA) is 3.24 Å². The number of likely N-dealkylation sites (tertiary alicyclic amines) is 1. The van der Waals surface area contributed by atoms with Gasteiger partial charge in [-0.2, -0.15) is 0 Å². The fraction of sp³-hybridized carbons (Fsp3) is 0.875. The number of hydrogen-bond acceptors (Lipinski definition) is 1. The second-order valence-electron chi connectivity index (χ2n) is 6.12. The zero-order valence-electron chi connectivity index (χ0n) is 12.1. The summed E-state index contributed by atoms with van der Waals surface area (Å²) < 4.78 is 0. The van der Waals surface area contributed by atoms with E-state index in [4.69, 9.17) is 0 Å². The molecule has 0 unspecified atom stereocenters. The molecule has 0 bridgehead atoms. The molecule has 1 aliphatic rings. The maximum atomic E-state index is 3.31. The minimum absolute atomic E-state index is 0.712. The molecule has 98 valence electrons. The standard InChI is InChI=1S/C16H29N/c1-14(2)8-6-5-7-11-17-12-9-16(10-13-17)15(3)4/h14-16H,7-13H2,1-4H3. The molecular formula is C16H29N. The maximum Gasteiger partial charge on any atom is 0.0217 e. The minimum atomic E-state index is 0.712. The Morgan fingerprint density at radius 2 is 1.71 bits per heavy atom. The third kappa shape index (κ3) is 6.13. The average Bonchev–Trinajstić information content (AvgIpc) is 2.29. The van der Waals surface area contributed by atoms with Crippen molar-refractivity contribution in [2.45, 2.75) is 53.4 Å². The lowest BCUT2D eigenvalue weighted by Crippen LogP contribution is -2.35. The summed E-state index contributed by atoms with van der Waals surface area (Å²) >= 11 is 0. The van der Waals surface area contributed by atoms with Crippen molar-refractivity contribution >= 4 is 0 Å². The molecule has 0 aromatic carbocycles. The van der Waals surface area contributed by atoms with E-state index in [1.54, 1.807) is 0 Å². The van der Waals surface area contributed by atoms with E-state index < -0.39 is 0 Å².